The lowest BCUT2D eigenvalue weighted by Crippen LogP contribution is -2.42. The van der Waals surface area contributed by atoms with Crippen LogP contribution in [0.25, 0.3) is 0 Å². The van der Waals surface area contributed by atoms with E-state index in [1.165, 1.54) is 0 Å². The minimum atomic E-state index is 0.0214. The molecule has 0 aromatic heterocycles. The second kappa shape index (κ2) is 4.71. The molecule has 2 nitrogen and oxygen atoms in total. The van der Waals surface area contributed by atoms with E-state index in [9.17, 15) is 0 Å². The summed E-state index contributed by atoms with van der Waals surface area (Å²) in [6.45, 7) is 16.5. The number of alkyl halides is 1. The topological polar surface area (TPSA) is 21.6 Å². The summed E-state index contributed by atoms with van der Waals surface area (Å²) >= 11 is 2.45. The van der Waals surface area contributed by atoms with Gasteiger partial charge in [0.1, 0.15) is 6.61 Å². The van der Waals surface area contributed by atoms with Crippen molar-refractivity contribution in [1.29, 1.82) is 0 Å². The molecule has 1 rings (SSSR count). The van der Waals surface area contributed by atoms with E-state index in [1.54, 1.807) is 0 Å². The average molecular weight is 351 g/mol. The summed E-state index contributed by atoms with van der Waals surface area (Å²) < 4.78 is 6.95. The van der Waals surface area contributed by atoms with Gasteiger partial charge in [-0.25, -0.2) is 4.99 Å². The normalized spacial score (nSPS) is 25.2. The Bertz CT molecular complexity index is 311. The summed E-state index contributed by atoms with van der Waals surface area (Å²) in [7, 11) is 0. The molecule has 2 atom stereocenters. The number of aliphatic imine (C=N–C) groups is 1. The molecule has 1 heterocycles. The van der Waals surface area contributed by atoms with Crippen molar-refractivity contribution in [3.05, 3.63) is 0 Å². The molecule has 0 spiro atoms. The van der Waals surface area contributed by atoms with Crippen LogP contribution in [0.5, 0.6) is 0 Å². The van der Waals surface area contributed by atoms with Gasteiger partial charge in [0, 0.05) is 4.43 Å². The van der Waals surface area contributed by atoms with E-state index in [-0.39, 0.29) is 16.2 Å². The standard InChI is InChI=1S/C14H26INO/c1-12(2,3)10-8-17-11(16-10)14(7,9-15)13(4,5)6/h10H,8-9H2,1-7H3/t10-,14?/m1/s1. The smallest absolute Gasteiger partial charge is 0.191 e. The fourth-order valence-electron chi connectivity index (χ4n) is 1.70. The maximum absolute atomic E-state index is 5.92. The lowest BCUT2D eigenvalue weighted by molar-refractivity contribution is 0.167. The Balaban J connectivity index is 3.02. The minimum absolute atomic E-state index is 0.0214. The van der Waals surface area contributed by atoms with Crippen molar-refractivity contribution >= 4 is 28.5 Å². The van der Waals surface area contributed by atoms with Gasteiger partial charge in [-0.05, 0) is 17.8 Å². The van der Waals surface area contributed by atoms with Gasteiger partial charge in [-0.3, -0.25) is 0 Å². The maximum atomic E-state index is 5.92. The van der Waals surface area contributed by atoms with Gasteiger partial charge in [0.15, 0.2) is 5.90 Å². The van der Waals surface area contributed by atoms with Crippen molar-refractivity contribution in [2.24, 2.45) is 21.2 Å². The van der Waals surface area contributed by atoms with Gasteiger partial charge in [-0.1, -0.05) is 64.1 Å². The first-order valence-electron chi connectivity index (χ1n) is 6.29. The minimum Gasteiger partial charge on any atom is -0.478 e. The third kappa shape index (κ3) is 2.96. The number of nitrogens with zero attached hydrogens (tertiary/aromatic N) is 1. The third-order valence-electron chi connectivity index (χ3n) is 4.05. The lowest BCUT2D eigenvalue weighted by atomic mass is 9.69. The fourth-order valence-corrected chi connectivity index (χ4v) is 3.17. The van der Waals surface area contributed by atoms with Crippen molar-refractivity contribution in [2.75, 3.05) is 11.0 Å². The van der Waals surface area contributed by atoms with Crippen molar-refractivity contribution < 1.29 is 4.74 Å². The summed E-state index contributed by atoms with van der Waals surface area (Å²) in [4.78, 5) is 4.86. The van der Waals surface area contributed by atoms with E-state index in [4.69, 9.17) is 9.73 Å². The number of hydrogen-bond acceptors (Lipinski definition) is 2. The molecule has 1 aliphatic rings. The summed E-state index contributed by atoms with van der Waals surface area (Å²) in [6, 6.07) is 0.294. The molecule has 0 saturated heterocycles. The van der Waals surface area contributed by atoms with E-state index in [1.807, 2.05) is 0 Å². The second-order valence-corrected chi connectivity index (χ2v) is 8.11. The summed E-state index contributed by atoms with van der Waals surface area (Å²) in [6.07, 6.45) is 0. The van der Waals surface area contributed by atoms with Crippen LogP contribution in [0.2, 0.25) is 0 Å². The fraction of sp³-hybridized carbons (Fsp3) is 0.929. The molecule has 17 heavy (non-hydrogen) atoms. The van der Waals surface area contributed by atoms with Crippen molar-refractivity contribution in [2.45, 2.75) is 54.5 Å². The van der Waals surface area contributed by atoms with Gasteiger partial charge < -0.3 is 4.74 Å². The van der Waals surface area contributed by atoms with Gasteiger partial charge in [0.25, 0.3) is 0 Å². The van der Waals surface area contributed by atoms with Crippen molar-refractivity contribution in [1.82, 2.24) is 0 Å². The molecule has 0 aliphatic carbocycles. The zero-order chi connectivity index (χ0) is 13.5. The molecule has 0 bridgehead atoms. The number of halogens is 1. The number of hydrogen-bond donors (Lipinski definition) is 0. The Morgan fingerprint density at radius 3 is 2.00 bits per heavy atom. The third-order valence-corrected chi connectivity index (χ3v) is 5.57. The van der Waals surface area contributed by atoms with Gasteiger partial charge in [-0.2, -0.15) is 0 Å². The molecule has 1 aliphatic heterocycles. The highest BCUT2D eigenvalue weighted by molar-refractivity contribution is 14.1. The molecule has 0 N–H and O–H groups in total. The van der Waals surface area contributed by atoms with E-state index in [2.05, 4.69) is 71.1 Å². The van der Waals surface area contributed by atoms with Crippen molar-refractivity contribution in [3.8, 4) is 0 Å². The van der Waals surface area contributed by atoms with Gasteiger partial charge in [0.05, 0.1) is 11.5 Å². The van der Waals surface area contributed by atoms with Crippen LogP contribution in [-0.2, 0) is 4.74 Å². The van der Waals surface area contributed by atoms with Crippen molar-refractivity contribution in [3.63, 3.8) is 0 Å². The summed E-state index contributed by atoms with van der Waals surface area (Å²) in [5.41, 5.74) is 0.374. The van der Waals surface area contributed by atoms with E-state index >= 15 is 0 Å². The monoisotopic (exact) mass is 351 g/mol. The van der Waals surface area contributed by atoms with Crippen LogP contribution in [0.1, 0.15) is 48.5 Å². The largest absolute Gasteiger partial charge is 0.478 e. The molecule has 0 amide bonds. The van der Waals surface area contributed by atoms with Gasteiger partial charge >= 0.3 is 0 Å². The lowest BCUT2D eigenvalue weighted by Gasteiger charge is -2.39. The first-order chi connectivity index (χ1) is 7.52. The molecule has 1 unspecified atom stereocenters. The van der Waals surface area contributed by atoms with Gasteiger partial charge in [0.2, 0.25) is 0 Å². The quantitative estimate of drug-likeness (QED) is 0.536. The first kappa shape index (κ1) is 15.3. The molecule has 0 saturated carbocycles. The van der Waals surface area contributed by atoms with E-state index < -0.39 is 0 Å². The van der Waals surface area contributed by atoms with Crippen LogP contribution >= 0.6 is 22.6 Å². The summed E-state index contributed by atoms with van der Waals surface area (Å²) in [5.74, 6) is 0.958. The van der Waals surface area contributed by atoms with Gasteiger partial charge in [-0.15, -0.1) is 0 Å². The Morgan fingerprint density at radius 1 is 1.18 bits per heavy atom. The maximum Gasteiger partial charge on any atom is 0.191 e. The zero-order valence-corrected chi connectivity index (χ0v) is 14.4. The first-order valence-corrected chi connectivity index (χ1v) is 7.82. The Morgan fingerprint density at radius 2 is 1.71 bits per heavy atom. The number of rotatable bonds is 2. The van der Waals surface area contributed by atoms with E-state index in [0.717, 1.165) is 16.9 Å². The highest BCUT2D eigenvalue weighted by Crippen LogP contribution is 2.44. The molecule has 3 heteroatoms. The summed E-state index contributed by atoms with van der Waals surface area (Å²) in [5, 5.41) is 0. The van der Waals surface area contributed by atoms with E-state index in [0.29, 0.717) is 6.04 Å². The van der Waals surface area contributed by atoms with Crippen LogP contribution in [0, 0.1) is 16.2 Å². The van der Waals surface area contributed by atoms with Crippen LogP contribution in [0.3, 0.4) is 0 Å². The Hall–Kier alpha value is 0.200. The van der Waals surface area contributed by atoms with Crippen LogP contribution < -0.4 is 0 Å². The Labute approximate surface area is 120 Å². The predicted octanol–water partition coefficient (Wildman–Crippen LogP) is 4.32. The SMILES string of the molecule is CC(C)(C)[C@H]1COC(C(C)(CI)C(C)(C)C)=N1. The molecular weight excluding hydrogens is 325 g/mol. The zero-order valence-electron chi connectivity index (χ0n) is 12.2. The molecule has 0 radical (unpaired) electrons. The average Bonchev–Trinajstić information content (AvgIpc) is 2.62. The molecule has 0 aromatic carbocycles. The Kier molecular flexibility index (Phi) is 4.22. The molecular formula is C14H26INO. The highest BCUT2D eigenvalue weighted by atomic mass is 127. The molecule has 0 fully saturated rings. The predicted molar refractivity (Wildman–Crippen MR) is 83.1 cm³/mol. The molecule has 0 aromatic rings. The second-order valence-electron chi connectivity index (χ2n) is 7.34. The van der Waals surface area contributed by atoms with Crippen LogP contribution in [0.4, 0.5) is 0 Å². The highest BCUT2D eigenvalue weighted by Gasteiger charge is 2.46. The van der Waals surface area contributed by atoms with Crippen LogP contribution in [0.15, 0.2) is 4.99 Å². The van der Waals surface area contributed by atoms with Crippen LogP contribution in [-0.4, -0.2) is 23.0 Å². The number of ether oxygens (including phenoxy) is 1. The molecule has 100 valence electrons.